The Morgan fingerprint density at radius 1 is 1.20 bits per heavy atom. The smallest absolute Gasteiger partial charge is 0.327 e. The molecule has 4 nitrogen and oxygen atoms in total. The summed E-state index contributed by atoms with van der Waals surface area (Å²) in [6.07, 6.45) is 1.04. The zero-order valence-corrected chi connectivity index (χ0v) is 12.8. The van der Waals surface area contributed by atoms with Crippen molar-refractivity contribution in [2.75, 3.05) is 27.4 Å². The molecule has 0 aliphatic heterocycles. The minimum atomic E-state index is -0.441. The van der Waals surface area contributed by atoms with Crippen molar-refractivity contribution in [2.24, 2.45) is 5.92 Å². The van der Waals surface area contributed by atoms with Crippen molar-refractivity contribution in [1.82, 2.24) is 5.32 Å². The van der Waals surface area contributed by atoms with E-state index in [0.717, 1.165) is 12.0 Å². The molecule has 0 fully saturated rings. The Morgan fingerprint density at radius 2 is 1.85 bits per heavy atom. The number of carbonyl (C=O) groups is 1. The van der Waals surface area contributed by atoms with Crippen LogP contribution in [0.4, 0.5) is 0 Å². The molecule has 0 saturated heterocycles. The van der Waals surface area contributed by atoms with Gasteiger partial charge in [-0.2, -0.15) is 0 Å². The molecule has 0 amide bonds. The van der Waals surface area contributed by atoms with Crippen LogP contribution in [0.1, 0.15) is 31.0 Å². The van der Waals surface area contributed by atoms with E-state index >= 15 is 0 Å². The third-order valence-corrected chi connectivity index (χ3v) is 3.05. The zero-order valence-electron chi connectivity index (χ0n) is 12.8. The molecular weight excluding hydrogens is 254 g/mol. The number of ether oxygens (including phenoxy) is 2. The van der Waals surface area contributed by atoms with Gasteiger partial charge in [-0.15, -0.1) is 0 Å². The van der Waals surface area contributed by atoms with Crippen LogP contribution in [0.3, 0.4) is 0 Å². The summed E-state index contributed by atoms with van der Waals surface area (Å²) in [6.45, 7) is 5.54. The normalized spacial score (nSPS) is 12.4. The number of hydrogen-bond acceptors (Lipinski definition) is 4. The Balaban J connectivity index is 2.76. The molecule has 4 heteroatoms. The van der Waals surface area contributed by atoms with Crippen LogP contribution in [0.25, 0.3) is 0 Å². The Kier molecular flexibility index (Phi) is 7.26. The molecule has 1 unspecified atom stereocenters. The van der Waals surface area contributed by atoms with E-state index in [9.17, 15) is 4.79 Å². The van der Waals surface area contributed by atoms with E-state index in [1.54, 1.807) is 7.11 Å². The summed E-state index contributed by atoms with van der Waals surface area (Å²) in [5.74, 6) is 0.342. The van der Waals surface area contributed by atoms with E-state index in [-0.39, 0.29) is 5.97 Å². The van der Waals surface area contributed by atoms with Gasteiger partial charge in [-0.3, -0.25) is 5.32 Å². The van der Waals surface area contributed by atoms with Gasteiger partial charge >= 0.3 is 5.97 Å². The maximum absolute atomic E-state index is 11.8. The number of rotatable bonds is 8. The first-order chi connectivity index (χ1) is 9.58. The lowest BCUT2D eigenvalue weighted by atomic mass is 9.99. The van der Waals surface area contributed by atoms with E-state index in [1.165, 1.54) is 12.7 Å². The molecular formula is C16H25NO3. The van der Waals surface area contributed by atoms with Gasteiger partial charge in [0.1, 0.15) is 6.04 Å². The van der Waals surface area contributed by atoms with Gasteiger partial charge in [-0.25, -0.2) is 4.79 Å². The maximum Gasteiger partial charge on any atom is 0.327 e. The number of methoxy groups -OCH3 is 2. The highest BCUT2D eigenvalue weighted by Gasteiger charge is 2.20. The lowest BCUT2D eigenvalue weighted by Crippen LogP contribution is -2.32. The van der Waals surface area contributed by atoms with E-state index in [1.807, 2.05) is 12.1 Å². The Hall–Kier alpha value is -1.39. The quantitative estimate of drug-likeness (QED) is 0.586. The Bertz CT molecular complexity index is 401. The number of benzene rings is 1. The lowest BCUT2D eigenvalue weighted by molar-refractivity contribution is -0.143. The number of nitrogens with one attached hydrogen (secondary N) is 1. The van der Waals surface area contributed by atoms with Crippen molar-refractivity contribution in [3.63, 3.8) is 0 Å². The van der Waals surface area contributed by atoms with Crippen molar-refractivity contribution < 1.29 is 14.3 Å². The van der Waals surface area contributed by atoms with Gasteiger partial charge in [0.05, 0.1) is 13.7 Å². The molecule has 1 aromatic rings. The Morgan fingerprint density at radius 3 is 2.35 bits per heavy atom. The van der Waals surface area contributed by atoms with Crippen LogP contribution >= 0.6 is 0 Å². The van der Waals surface area contributed by atoms with Gasteiger partial charge < -0.3 is 9.47 Å². The predicted octanol–water partition coefficient (Wildman–Crippen LogP) is 2.34. The van der Waals surface area contributed by atoms with Crippen LogP contribution in [0.15, 0.2) is 24.3 Å². The highest BCUT2D eigenvalue weighted by atomic mass is 16.5. The van der Waals surface area contributed by atoms with Crippen molar-refractivity contribution in [3.8, 4) is 0 Å². The van der Waals surface area contributed by atoms with E-state index in [2.05, 4.69) is 31.3 Å². The second-order valence-electron chi connectivity index (χ2n) is 5.24. The largest absolute Gasteiger partial charge is 0.468 e. The van der Waals surface area contributed by atoms with E-state index < -0.39 is 6.04 Å². The maximum atomic E-state index is 11.8. The van der Waals surface area contributed by atoms with Crippen molar-refractivity contribution in [1.29, 1.82) is 0 Å². The second kappa shape index (κ2) is 8.72. The van der Waals surface area contributed by atoms with Crippen LogP contribution in [0.2, 0.25) is 0 Å². The first-order valence-electron chi connectivity index (χ1n) is 6.97. The lowest BCUT2D eigenvalue weighted by Gasteiger charge is -2.17. The molecule has 0 saturated carbocycles. The first-order valence-corrected chi connectivity index (χ1v) is 6.97. The van der Waals surface area contributed by atoms with E-state index in [0.29, 0.717) is 19.1 Å². The van der Waals surface area contributed by atoms with Gasteiger partial charge in [0.2, 0.25) is 0 Å². The fourth-order valence-electron chi connectivity index (χ4n) is 2.08. The molecule has 1 rings (SSSR count). The molecule has 0 heterocycles. The van der Waals surface area contributed by atoms with Crippen molar-refractivity contribution in [3.05, 3.63) is 35.4 Å². The topological polar surface area (TPSA) is 47.6 Å². The van der Waals surface area contributed by atoms with Gasteiger partial charge in [0.25, 0.3) is 0 Å². The molecule has 0 aliphatic rings. The molecule has 0 bridgehead atoms. The predicted molar refractivity (Wildman–Crippen MR) is 79.6 cm³/mol. The number of hydrogen-bond donors (Lipinski definition) is 1. The molecule has 0 aliphatic carbocycles. The van der Waals surface area contributed by atoms with Crippen LogP contribution in [-0.2, 0) is 20.7 Å². The summed E-state index contributed by atoms with van der Waals surface area (Å²) < 4.78 is 9.84. The van der Waals surface area contributed by atoms with Gasteiger partial charge in [-0.05, 0) is 23.5 Å². The standard InChI is InChI=1S/C16H25NO3/c1-12(2)11-13-5-7-14(8-6-13)15(16(18)20-4)17-9-10-19-3/h5-8,12,15,17H,9-11H2,1-4H3. The van der Waals surface area contributed by atoms with Crippen molar-refractivity contribution >= 4 is 5.97 Å². The molecule has 1 N–H and O–H groups in total. The summed E-state index contributed by atoms with van der Waals surface area (Å²) in [7, 11) is 3.04. The van der Waals surface area contributed by atoms with Crippen LogP contribution in [0.5, 0.6) is 0 Å². The fraction of sp³-hybridized carbons (Fsp3) is 0.562. The minimum Gasteiger partial charge on any atom is -0.468 e. The van der Waals surface area contributed by atoms with Crippen LogP contribution < -0.4 is 5.32 Å². The van der Waals surface area contributed by atoms with Crippen LogP contribution in [-0.4, -0.2) is 33.3 Å². The highest BCUT2D eigenvalue weighted by Crippen LogP contribution is 2.17. The van der Waals surface area contributed by atoms with Crippen molar-refractivity contribution in [2.45, 2.75) is 26.3 Å². The van der Waals surface area contributed by atoms with Crippen LogP contribution in [0, 0.1) is 5.92 Å². The molecule has 0 aromatic heterocycles. The van der Waals surface area contributed by atoms with Gasteiger partial charge in [-0.1, -0.05) is 38.1 Å². The number of carbonyl (C=O) groups excluding carboxylic acids is 1. The molecule has 20 heavy (non-hydrogen) atoms. The third kappa shape index (κ3) is 5.31. The fourth-order valence-corrected chi connectivity index (χ4v) is 2.08. The SMILES string of the molecule is COCCNC(C(=O)OC)c1ccc(CC(C)C)cc1. The number of esters is 1. The molecule has 112 valence electrons. The third-order valence-electron chi connectivity index (χ3n) is 3.05. The zero-order chi connectivity index (χ0) is 15.0. The Labute approximate surface area is 121 Å². The molecule has 0 spiro atoms. The summed E-state index contributed by atoms with van der Waals surface area (Å²) in [5, 5.41) is 3.15. The second-order valence-corrected chi connectivity index (χ2v) is 5.24. The summed E-state index contributed by atoms with van der Waals surface area (Å²) in [4.78, 5) is 11.8. The summed E-state index contributed by atoms with van der Waals surface area (Å²) in [5.41, 5.74) is 2.20. The minimum absolute atomic E-state index is 0.280. The summed E-state index contributed by atoms with van der Waals surface area (Å²) >= 11 is 0. The molecule has 0 radical (unpaired) electrons. The monoisotopic (exact) mass is 279 g/mol. The molecule has 1 atom stereocenters. The average Bonchev–Trinajstić information content (AvgIpc) is 2.43. The van der Waals surface area contributed by atoms with E-state index in [4.69, 9.17) is 9.47 Å². The summed E-state index contributed by atoms with van der Waals surface area (Å²) in [6, 6.07) is 7.67. The van der Waals surface area contributed by atoms with Gasteiger partial charge in [0.15, 0.2) is 0 Å². The molecule has 1 aromatic carbocycles. The average molecular weight is 279 g/mol. The van der Waals surface area contributed by atoms with Gasteiger partial charge in [0, 0.05) is 13.7 Å². The highest BCUT2D eigenvalue weighted by molar-refractivity contribution is 5.77. The first kappa shape index (κ1) is 16.7.